The van der Waals surface area contributed by atoms with Gasteiger partial charge in [-0.25, -0.2) is 0 Å². The standard InChI is InChI=1S/C7H12N2O/c8-3-7-2-1-6(5-10)4-9-7/h1-2,4,7,9-10H,3,5,8H2. The van der Waals surface area contributed by atoms with Crippen molar-refractivity contribution in [3.63, 3.8) is 0 Å². The molecule has 0 aromatic heterocycles. The van der Waals surface area contributed by atoms with Crippen LogP contribution in [0.1, 0.15) is 0 Å². The van der Waals surface area contributed by atoms with E-state index in [1.54, 1.807) is 6.20 Å². The molecule has 0 aromatic carbocycles. The number of hydrogen-bond donors (Lipinski definition) is 3. The second-order valence-electron chi connectivity index (χ2n) is 2.25. The molecule has 0 bridgehead atoms. The van der Waals surface area contributed by atoms with Crippen LogP contribution in [0.5, 0.6) is 0 Å². The number of hydrogen-bond acceptors (Lipinski definition) is 3. The van der Waals surface area contributed by atoms with Crippen molar-refractivity contribution >= 4 is 0 Å². The highest BCUT2D eigenvalue weighted by Gasteiger charge is 2.03. The van der Waals surface area contributed by atoms with Crippen LogP contribution in [0.25, 0.3) is 0 Å². The maximum absolute atomic E-state index is 8.66. The number of dihydropyridines is 1. The van der Waals surface area contributed by atoms with Crippen molar-refractivity contribution in [3.05, 3.63) is 23.9 Å². The van der Waals surface area contributed by atoms with Crippen molar-refractivity contribution in [1.29, 1.82) is 0 Å². The van der Waals surface area contributed by atoms with Gasteiger partial charge in [0.05, 0.1) is 12.6 Å². The van der Waals surface area contributed by atoms with Crippen LogP contribution < -0.4 is 11.1 Å². The maximum Gasteiger partial charge on any atom is 0.0695 e. The summed E-state index contributed by atoms with van der Waals surface area (Å²) in [6.45, 7) is 0.673. The van der Waals surface area contributed by atoms with Gasteiger partial charge in [-0.1, -0.05) is 12.2 Å². The summed E-state index contributed by atoms with van der Waals surface area (Å²) in [6.07, 6.45) is 5.62. The van der Waals surface area contributed by atoms with Crippen LogP contribution in [-0.4, -0.2) is 24.3 Å². The van der Waals surface area contributed by atoms with Crippen LogP contribution in [0.2, 0.25) is 0 Å². The molecule has 10 heavy (non-hydrogen) atoms. The van der Waals surface area contributed by atoms with Crippen molar-refractivity contribution < 1.29 is 5.11 Å². The Balaban J connectivity index is 2.46. The van der Waals surface area contributed by atoms with Gasteiger partial charge in [0.25, 0.3) is 0 Å². The summed E-state index contributed by atoms with van der Waals surface area (Å²) in [7, 11) is 0. The maximum atomic E-state index is 8.66. The third-order valence-corrected chi connectivity index (χ3v) is 1.46. The number of nitrogens with two attached hydrogens (primary N) is 1. The molecule has 3 nitrogen and oxygen atoms in total. The van der Waals surface area contributed by atoms with E-state index in [-0.39, 0.29) is 12.6 Å². The summed E-state index contributed by atoms with van der Waals surface area (Å²) < 4.78 is 0. The first-order valence-electron chi connectivity index (χ1n) is 3.31. The van der Waals surface area contributed by atoms with E-state index in [1.165, 1.54) is 0 Å². The van der Waals surface area contributed by atoms with Gasteiger partial charge >= 0.3 is 0 Å². The van der Waals surface area contributed by atoms with Crippen LogP contribution in [0.4, 0.5) is 0 Å². The molecule has 0 amide bonds. The molecule has 0 aliphatic carbocycles. The molecule has 1 aliphatic heterocycles. The van der Waals surface area contributed by atoms with E-state index in [9.17, 15) is 0 Å². The topological polar surface area (TPSA) is 58.3 Å². The van der Waals surface area contributed by atoms with Crippen molar-refractivity contribution in [2.75, 3.05) is 13.2 Å². The Hall–Kier alpha value is -0.800. The third kappa shape index (κ3) is 1.59. The van der Waals surface area contributed by atoms with Crippen molar-refractivity contribution in [1.82, 2.24) is 5.32 Å². The Morgan fingerprint density at radius 3 is 2.90 bits per heavy atom. The number of nitrogens with one attached hydrogen (secondary N) is 1. The second kappa shape index (κ2) is 3.39. The fraction of sp³-hybridized carbons (Fsp3) is 0.429. The molecular formula is C7H12N2O. The van der Waals surface area contributed by atoms with Crippen LogP contribution in [0, 0.1) is 0 Å². The molecule has 56 valence electrons. The van der Waals surface area contributed by atoms with E-state index < -0.39 is 0 Å². The first-order valence-corrected chi connectivity index (χ1v) is 3.31. The van der Waals surface area contributed by atoms with Gasteiger partial charge in [-0.15, -0.1) is 0 Å². The van der Waals surface area contributed by atoms with Crippen LogP contribution >= 0.6 is 0 Å². The molecule has 0 fully saturated rings. The Labute approximate surface area is 60.2 Å². The zero-order chi connectivity index (χ0) is 7.40. The summed E-state index contributed by atoms with van der Waals surface area (Å²) in [6, 6.07) is 0.232. The minimum Gasteiger partial charge on any atom is -0.392 e. The lowest BCUT2D eigenvalue weighted by Gasteiger charge is -2.15. The Morgan fingerprint density at radius 2 is 2.50 bits per heavy atom. The van der Waals surface area contributed by atoms with Gasteiger partial charge in [0.1, 0.15) is 0 Å². The molecule has 0 aromatic rings. The molecule has 1 atom stereocenters. The summed E-state index contributed by atoms with van der Waals surface area (Å²) in [4.78, 5) is 0. The van der Waals surface area contributed by atoms with Gasteiger partial charge in [0.15, 0.2) is 0 Å². The van der Waals surface area contributed by atoms with Crippen LogP contribution in [0.15, 0.2) is 23.9 Å². The number of aliphatic hydroxyl groups is 1. The normalized spacial score (nSPS) is 23.8. The van der Waals surface area contributed by atoms with E-state index in [1.807, 2.05) is 12.2 Å². The Morgan fingerprint density at radius 1 is 1.70 bits per heavy atom. The predicted octanol–water partition coefficient (Wildman–Crippen LogP) is -0.651. The number of rotatable bonds is 2. The predicted molar refractivity (Wildman–Crippen MR) is 40.3 cm³/mol. The lowest BCUT2D eigenvalue weighted by molar-refractivity contribution is 0.333. The van der Waals surface area contributed by atoms with Crippen molar-refractivity contribution in [3.8, 4) is 0 Å². The fourth-order valence-electron chi connectivity index (χ4n) is 0.802. The Kier molecular flexibility index (Phi) is 2.48. The molecule has 0 saturated heterocycles. The van der Waals surface area contributed by atoms with E-state index in [0.717, 1.165) is 5.57 Å². The van der Waals surface area contributed by atoms with Crippen LogP contribution in [0.3, 0.4) is 0 Å². The minimum atomic E-state index is 0.0841. The highest BCUT2D eigenvalue weighted by Crippen LogP contribution is 2.01. The monoisotopic (exact) mass is 140 g/mol. The summed E-state index contributed by atoms with van der Waals surface area (Å²) in [5.74, 6) is 0. The molecule has 1 unspecified atom stereocenters. The molecule has 1 rings (SSSR count). The van der Waals surface area contributed by atoms with Gasteiger partial charge in [-0.05, 0) is 5.57 Å². The van der Waals surface area contributed by atoms with Gasteiger partial charge < -0.3 is 16.2 Å². The Bertz CT molecular complexity index is 163. The average Bonchev–Trinajstić information content (AvgIpc) is 2.05. The SMILES string of the molecule is NCC1C=CC(CO)=CN1. The minimum absolute atomic E-state index is 0.0841. The summed E-state index contributed by atoms with van der Waals surface area (Å²) >= 11 is 0. The zero-order valence-corrected chi connectivity index (χ0v) is 5.75. The zero-order valence-electron chi connectivity index (χ0n) is 5.75. The highest BCUT2D eigenvalue weighted by atomic mass is 16.3. The summed E-state index contributed by atoms with van der Waals surface area (Å²) in [5, 5.41) is 11.7. The summed E-state index contributed by atoms with van der Waals surface area (Å²) in [5.41, 5.74) is 6.28. The highest BCUT2D eigenvalue weighted by molar-refractivity contribution is 5.24. The van der Waals surface area contributed by atoms with Gasteiger partial charge in [0.2, 0.25) is 0 Å². The first kappa shape index (κ1) is 7.31. The first-order chi connectivity index (χ1) is 4.86. The molecule has 0 spiro atoms. The molecule has 0 radical (unpaired) electrons. The molecule has 1 aliphatic rings. The van der Waals surface area contributed by atoms with Gasteiger partial charge in [-0.2, -0.15) is 0 Å². The second-order valence-corrected chi connectivity index (χ2v) is 2.25. The van der Waals surface area contributed by atoms with Crippen molar-refractivity contribution in [2.45, 2.75) is 6.04 Å². The van der Waals surface area contributed by atoms with E-state index in [0.29, 0.717) is 6.54 Å². The molecular weight excluding hydrogens is 128 g/mol. The smallest absolute Gasteiger partial charge is 0.0695 e. The molecule has 1 heterocycles. The van der Waals surface area contributed by atoms with E-state index >= 15 is 0 Å². The van der Waals surface area contributed by atoms with Gasteiger partial charge in [-0.3, -0.25) is 0 Å². The largest absolute Gasteiger partial charge is 0.392 e. The van der Waals surface area contributed by atoms with E-state index in [4.69, 9.17) is 10.8 Å². The average molecular weight is 140 g/mol. The molecule has 3 heteroatoms. The molecule has 0 saturated carbocycles. The van der Waals surface area contributed by atoms with Crippen molar-refractivity contribution in [2.24, 2.45) is 5.73 Å². The van der Waals surface area contributed by atoms with Gasteiger partial charge in [0, 0.05) is 12.7 Å². The fourth-order valence-corrected chi connectivity index (χ4v) is 0.802. The third-order valence-electron chi connectivity index (χ3n) is 1.46. The number of aliphatic hydroxyl groups excluding tert-OH is 1. The lowest BCUT2D eigenvalue weighted by atomic mass is 10.1. The molecule has 4 N–H and O–H groups in total. The lowest BCUT2D eigenvalue weighted by Crippen LogP contribution is -2.32. The quantitative estimate of drug-likeness (QED) is 0.477. The van der Waals surface area contributed by atoms with E-state index in [2.05, 4.69) is 5.32 Å². The van der Waals surface area contributed by atoms with Crippen LogP contribution in [-0.2, 0) is 0 Å².